The second-order valence-corrected chi connectivity index (χ2v) is 8.87. The standard InChI is InChI=1S/C21H25FN2O5S/c1-3-19(29-16-8-6-15(22)7-9-16)21(25)23-18-14-17(10-11-20(18)28-2)30(26,27)24-12-4-5-13-24/h6-11,14,19H,3-5,12-13H2,1-2H3,(H,23,25). The molecular formula is C21H25FN2O5S. The number of carbonyl (C=O) groups excluding carboxylic acids is 1. The van der Waals surface area contributed by atoms with Gasteiger partial charge < -0.3 is 14.8 Å². The number of carbonyl (C=O) groups is 1. The van der Waals surface area contributed by atoms with Crippen LogP contribution in [-0.4, -0.2) is 44.9 Å². The van der Waals surface area contributed by atoms with Crippen molar-refractivity contribution in [2.75, 3.05) is 25.5 Å². The van der Waals surface area contributed by atoms with Crippen LogP contribution in [0.15, 0.2) is 47.4 Å². The van der Waals surface area contributed by atoms with Crippen LogP contribution in [0.2, 0.25) is 0 Å². The minimum absolute atomic E-state index is 0.0907. The Bertz CT molecular complexity index is 989. The van der Waals surface area contributed by atoms with Gasteiger partial charge in [0.1, 0.15) is 17.3 Å². The van der Waals surface area contributed by atoms with Crippen LogP contribution < -0.4 is 14.8 Å². The summed E-state index contributed by atoms with van der Waals surface area (Å²) in [5.74, 6) is -0.174. The lowest BCUT2D eigenvalue weighted by molar-refractivity contribution is -0.122. The molecule has 0 aliphatic carbocycles. The van der Waals surface area contributed by atoms with Gasteiger partial charge in [-0.15, -0.1) is 0 Å². The number of halogens is 1. The summed E-state index contributed by atoms with van der Waals surface area (Å²) in [6.07, 6.45) is 1.17. The first-order chi connectivity index (χ1) is 14.3. The minimum Gasteiger partial charge on any atom is -0.495 e. The number of nitrogens with zero attached hydrogens (tertiary/aromatic N) is 1. The number of ether oxygens (including phenoxy) is 2. The van der Waals surface area contributed by atoms with Crippen LogP contribution in [0.5, 0.6) is 11.5 Å². The fraction of sp³-hybridized carbons (Fsp3) is 0.381. The Hall–Kier alpha value is -2.65. The van der Waals surface area contributed by atoms with Crippen LogP contribution in [0, 0.1) is 5.82 Å². The van der Waals surface area contributed by atoms with Gasteiger partial charge in [-0.3, -0.25) is 4.79 Å². The zero-order chi connectivity index (χ0) is 21.7. The van der Waals surface area contributed by atoms with Crippen LogP contribution in [0.4, 0.5) is 10.1 Å². The van der Waals surface area contributed by atoms with Crippen molar-refractivity contribution in [2.24, 2.45) is 0 Å². The van der Waals surface area contributed by atoms with Gasteiger partial charge in [0.05, 0.1) is 17.7 Å². The van der Waals surface area contributed by atoms with E-state index in [1.807, 2.05) is 0 Å². The third kappa shape index (κ3) is 4.91. The van der Waals surface area contributed by atoms with Crippen molar-refractivity contribution >= 4 is 21.6 Å². The maximum absolute atomic E-state index is 13.1. The van der Waals surface area contributed by atoms with Crippen LogP contribution in [-0.2, 0) is 14.8 Å². The first-order valence-electron chi connectivity index (χ1n) is 9.76. The van der Waals surface area contributed by atoms with Gasteiger partial charge in [-0.25, -0.2) is 12.8 Å². The molecule has 0 radical (unpaired) electrons. The summed E-state index contributed by atoms with van der Waals surface area (Å²) in [6, 6.07) is 9.75. The summed E-state index contributed by atoms with van der Waals surface area (Å²) in [5.41, 5.74) is 0.240. The summed E-state index contributed by atoms with van der Waals surface area (Å²) >= 11 is 0. The SMILES string of the molecule is CCC(Oc1ccc(F)cc1)C(=O)Nc1cc(S(=O)(=O)N2CCCC2)ccc1OC. The van der Waals surface area contributed by atoms with Crippen molar-refractivity contribution in [1.82, 2.24) is 4.31 Å². The summed E-state index contributed by atoms with van der Waals surface area (Å²) < 4.78 is 51.2. The average molecular weight is 437 g/mol. The van der Waals surface area contributed by atoms with E-state index < -0.39 is 27.9 Å². The highest BCUT2D eigenvalue weighted by Crippen LogP contribution is 2.30. The van der Waals surface area contributed by atoms with Gasteiger partial charge in [-0.1, -0.05) is 6.92 Å². The third-order valence-electron chi connectivity index (χ3n) is 4.89. The van der Waals surface area contributed by atoms with E-state index in [1.54, 1.807) is 6.92 Å². The van der Waals surface area contributed by atoms with E-state index in [9.17, 15) is 17.6 Å². The van der Waals surface area contributed by atoms with Crippen LogP contribution >= 0.6 is 0 Å². The van der Waals surface area contributed by atoms with Crippen molar-refractivity contribution in [3.63, 3.8) is 0 Å². The molecule has 1 saturated heterocycles. The molecule has 1 aliphatic rings. The first kappa shape index (κ1) is 22.0. The predicted octanol–water partition coefficient (Wildman–Crippen LogP) is 3.41. The summed E-state index contributed by atoms with van der Waals surface area (Å²) in [6.45, 7) is 2.75. The Balaban J connectivity index is 1.81. The first-order valence-corrected chi connectivity index (χ1v) is 11.2. The molecule has 162 valence electrons. The van der Waals surface area contributed by atoms with E-state index in [0.717, 1.165) is 12.8 Å². The molecule has 2 aromatic rings. The van der Waals surface area contributed by atoms with E-state index >= 15 is 0 Å². The van der Waals surface area contributed by atoms with Crippen LogP contribution in [0.3, 0.4) is 0 Å². The Morgan fingerprint density at radius 1 is 1.17 bits per heavy atom. The van der Waals surface area contributed by atoms with E-state index in [4.69, 9.17) is 9.47 Å². The lowest BCUT2D eigenvalue weighted by Gasteiger charge is -2.20. The predicted molar refractivity (Wildman–Crippen MR) is 111 cm³/mol. The maximum Gasteiger partial charge on any atom is 0.265 e. The Kier molecular flexibility index (Phi) is 6.94. The van der Waals surface area contributed by atoms with Crippen molar-refractivity contribution in [2.45, 2.75) is 37.2 Å². The molecule has 1 amide bonds. The zero-order valence-corrected chi connectivity index (χ0v) is 17.7. The molecule has 30 heavy (non-hydrogen) atoms. The molecule has 7 nitrogen and oxygen atoms in total. The van der Waals surface area contributed by atoms with Gasteiger partial charge >= 0.3 is 0 Å². The van der Waals surface area contributed by atoms with Gasteiger partial charge in [0.15, 0.2) is 6.10 Å². The Morgan fingerprint density at radius 3 is 2.43 bits per heavy atom. The number of methoxy groups -OCH3 is 1. The number of benzene rings is 2. The van der Waals surface area contributed by atoms with Gasteiger partial charge in [0.2, 0.25) is 10.0 Å². The molecular weight excluding hydrogens is 411 g/mol. The zero-order valence-electron chi connectivity index (χ0n) is 16.9. The van der Waals surface area contributed by atoms with Crippen molar-refractivity contribution in [1.29, 1.82) is 0 Å². The van der Waals surface area contributed by atoms with E-state index in [1.165, 1.54) is 53.9 Å². The second kappa shape index (κ2) is 9.44. The maximum atomic E-state index is 13.1. The van der Waals surface area contributed by atoms with E-state index in [-0.39, 0.29) is 10.6 Å². The lowest BCUT2D eigenvalue weighted by atomic mass is 10.2. The number of hydrogen-bond acceptors (Lipinski definition) is 5. The van der Waals surface area contributed by atoms with Crippen molar-refractivity contribution < 1.29 is 27.1 Å². The quantitative estimate of drug-likeness (QED) is 0.686. The number of sulfonamides is 1. The largest absolute Gasteiger partial charge is 0.495 e. The molecule has 1 unspecified atom stereocenters. The van der Waals surface area contributed by atoms with E-state index in [0.29, 0.717) is 31.0 Å². The normalized spacial score (nSPS) is 15.6. The number of anilines is 1. The summed E-state index contributed by atoms with van der Waals surface area (Å²) in [7, 11) is -2.20. The molecule has 9 heteroatoms. The third-order valence-corrected chi connectivity index (χ3v) is 6.78. The van der Waals surface area contributed by atoms with E-state index in [2.05, 4.69) is 5.32 Å². The molecule has 1 atom stereocenters. The fourth-order valence-electron chi connectivity index (χ4n) is 3.24. The minimum atomic E-state index is -3.64. The Labute approximate surface area is 175 Å². The molecule has 1 heterocycles. The highest BCUT2D eigenvalue weighted by atomic mass is 32.2. The van der Waals surface area contributed by atoms with Gasteiger partial charge in [-0.2, -0.15) is 4.31 Å². The molecule has 0 saturated carbocycles. The second-order valence-electron chi connectivity index (χ2n) is 6.93. The average Bonchev–Trinajstić information content (AvgIpc) is 3.29. The number of rotatable bonds is 8. The summed E-state index contributed by atoms with van der Waals surface area (Å²) in [5, 5.41) is 2.70. The van der Waals surface area contributed by atoms with Crippen LogP contribution in [0.1, 0.15) is 26.2 Å². The molecule has 0 aromatic heterocycles. The Morgan fingerprint density at radius 2 is 1.83 bits per heavy atom. The molecule has 0 bridgehead atoms. The molecule has 1 fully saturated rings. The number of amides is 1. The van der Waals surface area contributed by atoms with Gasteiger partial charge in [0.25, 0.3) is 5.91 Å². The lowest BCUT2D eigenvalue weighted by Crippen LogP contribution is -2.32. The molecule has 1 aliphatic heterocycles. The van der Waals surface area contributed by atoms with Gasteiger partial charge in [-0.05, 0) is 61.7 Å². The fourth-order valence-corrected chi connectivity index (χ4v) is 4.78. The van der Waals surface area contributed by atoms with Gasteiger partial charge in [0, 0.05) is 13.1 Å². The van der Waals surface area contributed by atoms with Crippen LogP contribution in [0.25, 0.3) is 0 Å². The summed E-state index contributed by atoms with van der Waals surface area (Å²) in [4.78, 5) is 12.9. The highest BCUT2D eigenvalue weighted by Gasteiger charge is 2.28. The number of nitrogens with one attached hydrogen (secondary N) is 1. The molecule has 3 rings (SSSR count). The molecule has 0 spiro atoms. The van der Waals surface area contributed by atoms with Crippen molar-refractivity contribution in [3.05, 3.63) is 48.3 Å². The molecule has 1 N–H and O–H groups in total. The monoisotopic (exact) mass is 436 g/mol. The number of hydrogen-bond donors (Lipinski definition) is 1. The topological polar surface area (TPSA) is 84.9 Å². The smallest absolute Gasteiger partial charge is 0.265 e. The highest BCUT2D eigenvalue weighted by molar-refractivity contribution is 7.89. The molecule has 2 aromatic carbocycles. The van der Waals surface area contributed by atoms with Crippen molar-refractivity contribution in [3.8, 4) is 11.5 Å².